The molecule has 0 aliphatic rings. The number of fused-ring (bicyclic) bond motifs is 1. The number of thiazole rings is 1. The minimum absolute atomic E-state index is 0.225. The molecule has 2 aromatic carbocycles. The van der Waals surface area contributed by atoms with E-state index in [1.807, 2.05) is 35.7 Å². The van der Waals surface area contributed by atoms with Crippen LogP contribution in [0.4, 0.5) is 0 Å². The molecule has 27 heavy (non-hydrogen) atoms. The fourth-order valence-corrected chi connectivity index (χ4v) is 3.61. The molecule has 134 valence electrons. The highest BCUT2D eigenvalue weighted by molar-refractivity contribution is 7.13. The third-order valence-electron chi connectivity index (χ3n) is 3.95. The van der Waals surface area contributed by atoms with Crippen LogP contribution in [0.25, 0.3) is 32.6 Å². The van der Waals surface area contributed by atoms with Gasteiger partial charge in [-0.2, -0.15) is 0 Å². The van der Waals surface area contributed by atoms with E-state index in [9.17, 15) is 4.79 Å². The Labute approximate surface area is 164 Å². The first-order valence-corrected chi connectivity index (χ1v) is 9.36. The molecule has 7 heteroatoms. The standard InChI is InChI=1S/C20H14ClN3O2S/c1-26-14-6-4-5-12(9-14)20-22-13(11-27-20)10-16(21)18-23-17-8-3-2-7-15(17)19(25)24-18/h2-11H,1H3,(H,23,24,25)/b16-10-. The lowest BCUT2D eigenvalue weighted by molar-refractivity contribution is 0.415. The zero-order valence-corrected chi connectivity index (χ0v) is 15.8. The summed E-state index contributed by atoms with van der Waals surface area (Å²) in [5, 5.41) is 3.60. The first kappa shape index (κ1) is 17.5. The molecule has 2 heterocycles. The van der Waals surface area contributed by atoms with Crippen molar-refractivity contribution in [2.24, 2.45) is 0 Å². The smallest absolute Gasteiger partial charge is 0.259 e. The SMILES string of the molecule is COc1cccc(-c2nc(/C=C(\Cl)c3nc4ccccc4c(=O)[nH]3)cs2)c1. The minimum Gasteiger partial charge on any atom is -0.497 e. The van der Waals surface area contributed by atoms with E-state index in [0.717, 1.165) is 16.3 Å². The number of nitrogens with zero attached hydrogens (tertiary/aromatic N) is 2. The van der Waals surface area contributed by atoms with Crippen LogP contribution in [-0.2, 0) is 0 Å². The van der Waals surface area contributed by atoms with Gasteiger partial charge in [-0.15, -0.1) is 11.3 Å². The Balaban J connectivity index is 1.68. The van der Waals surface area contributed by atoms with Crippen LogP contribution in [0.2, 0.25) is 0 Å². The monoisotopic (exact) mass is 395 g/mol. The summed E-state index contributed by atoms with van der Waals surface area (Å²) in [6.45, 7) is 0. The van der Waals surface area contributed by atoms with Crippen molar-refractivity contribution in [2.45, 2.75) is 0 Å². The molecule has 0 fully saturated rings. The van der Waals surface area contributed by atoms with Gasteiger partial charge in [-0.25, -0.2) is 9.97 Å². The van der Waals surface area contributed by atoms with Crippen LogP contribution in [0.1, 0.15) is 11.5 Å². The molecular weight excluding hydrogens is 382 g/mol. The number of H-pyrrole nitrogens is 1. The zero-order chi connectivity index (χ0) is 18.8. The predicted molar refractivity (Wildman–Crippen MR) is 110 cm³/mol. The molecule has 4 rings (SSSR count). The maximum absolute atomic E-state index is 12.2. The van der Waals surface area contributed by atoms with Crippen LogP contribution in [0.15, 0.2) is 58.7 Å². The van der Waals surface area contributed by atoms with Crippen molar-refractivity contribution < 1.29 is 4.74 Å². The van der Waals surface area contributed by atoms with Gasteiger partial charge in [0, 0.05) is 10.9 Å². The number of rotatable bonds is 4. The molecule has 0 saturated heterocycles. The summed E-state index contributed by atoms with van der Waals surface area (Å²) in [6, 6.07) is 14.8. The summed E-state index contributed by atoms with van der Waals surface area (Å²) in [7, 11) is 1.63. The zero-order valence-electron chi connectivity index (χ0n) is 14.3. The van der Waals surface area contributed by atoms with E-state index in [0.29, 0.717) is 27.5 Å². The molecule has 0 aliphatic carbocycles. The minimum atomic E-state index is -0.225. The van der Waals surface area contributed by atoms with Crippen molar-refractivity contribution in [3.05, 3.63) is 75.8 Å². The number of hydrogen-bond donors (Lipinski definition) is 1. The summed E-state index contributed by atoms with van der Waals surface area (Å²) < 4.78 is 5.25. The second-order valence-corrected chi connectivity index (χ2v) is 7.00. The van der Waals surface area contributed by atoms with E-state index in [1.54, 1.807) is 31.4 Å². The number of ether oxygens (including phenoxy) is 1. The molecule has 0 radical (unpaired) electrons. The van der Waals surface area contributed by atoms with Gasteiger partial charge < -0.3 is 9.72 Å². The van der Waals surface area contributed by atoms with Crippen molar-refractivity contribution in [3.63, 3.8) is 0 Å². The topological polar surface area (TPSA) is 67.9 Å². The molecule has 0 unspecified atom stereocenters. The van der Waals surface area contributed by atoms with Gasteiger partial charge in [-0.05, 0) is 30.3 Å². The molecule has 2 aromatic heterocycles. The van der Waals surface area contributed by atoms with Gasteiger partial charge in [0.15, 0.2) is 5.82 Å². The number of halogens is 1. The fourth-order valence-electron chi connectivity index (χ4n) is 2.64. The predicted octanol–water partition coefficient (Wildman–Crippen LogP) is 4.79. The molecule has 0 atom stereocenters. The Kier molecular flexibility index (Phi) is 4.75. The van der Waals surface area contributed by atoms with Gasteiger partial charge >= 0.3 is 0 Å². The van der Waals surface area contributed by atoms with Crippen molar-refractivity contribution in [1.29, 1.82) is 0 Å². The van der Waals surface area contributed by atoms with Crippen LogP contribution < -0.4 is 10.3 Å². The molecular formula is C20H14ClN3O2S. The van der Waals surface area contributed by atoms with Gasteiger partial charge in [-0.1, -0.05) is 35.9 Å². The highest BCUT2D eigenvalue weighted by atomic mass is 35.5. The molecule has 4 aromatic rings. The Morgan fingerprint density at radius 1 is 1.19 bits per heavy atom. The summed E-state index contributed by atoms with van der Waals surface area (Å²) in [6.07, 6.45) is 1.69. The van der Waals surface area contributed by atoms with Gasteiger partial charge in [0.2, 0.25) is 0 Å². The Hall–Kier alpha value is -2.96. The number of aromatic amines is 1. The summed E-state index contributed by atoms with van der Waals surface area (Å²) in [5.74, 6) is 1.09. The molecule has 0 spiro atoms. The quantitative estimate of drug-likeness (QED) is 0.539. The maximum atomic E-state index is 12.2. The summed E-state index contributed by atoms with van der Waals surface area (Å²) >= 11 is 7.89. The van der Waals surface area contributed by atoms with Crippen LogP contribution in [0, 0.1) is 0 Å². The fraction of sp³-hybridized carbons (Fsp3) is 0.0500. The van der Waals surface area contributed by atoms with Crippen LogP contribution in [0.3, 0.4) is 0 Å². The van der Waals surface area contributed by atoms with Gasteiger partial charge in [0.1, 0.15) is 10.8 Å². The van der Waals surface area contributed by atoms with E-state index in [1.165, 1.54) is 11.3 Å². The summed E-state index contributed by atoms with van der Waals surface area (Å²) in [5.41, 5.74) is 2.03. The summed E-state index contributed by atoms with van der Waals surface area (Å²) in [4.78, 5) is 23.9. The molecule has 0 aliphatic heterocycles. The average Bonchev–Trinajstić information content (AvgIpc) is 3.16. The van der Waals surface area contributed by atoms with E-state index in [4.69, 9.17) is 16.3 Å². The van der Waals surface area contributed by atoms with Gasteiger partial charge in [0.05, 0.1) is 28.7 Å². The van der Waals surface area contributed by atoms with Crippen LogP contribution in [-0.4, -0.2) is 22.1 Å². The van der Waals surface area contributed by atoms with E-state index >= 15 is 0 Å². The van der Waals surface area contributed by atoms with Crippen molar-refractivity contribution in [3.8, 4) is 16.3 Å². The number of benzene rings is 2. The lowest BCUT2D eigenvalue weighted by Gasteiger charge is -2.01. The lowest BCUT2D eigenvalue weighted by Crippen LogP contribution is -2.10. The van der Waals surface area contributed by atoms with Gasteiger partial charge in [0.25, 0.3) is 5.56 Å². The number of methoxy groups -OCH3 is 1. The first-order chi connectivity index (χ1) is 13.1. The number of aromatic nitrogens is 3. The van der Waals surface area contributed by atoms with E-state index in [-0.39, 0.29) is 5.56 Å². The largest absolute Gasteiger partial charge is 0.497 e. The lowest BCUT2D eigenvalue weighted by atomic mass is 10.2. The van der Waals surface area contributed by atoms with Crippen LogP contribution >= 0.6 is 22.9 Å². The Morgan fingerprint density at radius 2 is 2.04 bits per heavy atom. The normalized spacial score (nSPS) is 11.7. The molecule has 0 saturated carbocycles. The van der Waals surface area contributed by atoms with Crippen molar-refractivity contribution >= 4 is 44.9 Å². The van der Waals surface area contributed by atoms with E-state index in [2.05, 4.69) is 15.0 Å². The maximum Gasteiger partial charge on any atom is 0.259 e. The number of nitrogens with one attached hydrogen (secondary N) is 1. The molecule has 1 N–H and O–H groups in total. The number of para-hydroxylation sites is 1. The van der Waals surface area contributed by atoms with Crippen molar-refractivity contribution in [2.75, 3.05) is 7.11 Å². The average molecular weight is 396 g/mol. The second kappa shape index (κ2) is 7.34. The molecule has 0 amide bonds. The van der Waals surface area contributed by atoms with Crippen molar-refractivity contribution in [1.82, 2.24) is 15.0 Å². The Bertz CT molecular complexity index is 1210. The Morgan fingerprint density at radius 3 is 2.89 bits per heavy atom. The third-order valence-corrected chi connectivity index (χ3v) is 5.15. The molecule has 5 nitrogen and oxygen atoms in total. The molecule has 0 bridgehead atoms. The highest BCUT2D eigenvalue weighted by Gasteiger charge is 2.09. The van der Waals surface area contributed by atoms with Crippen LogP contribution in [0.5, 0.6) is 5.75 Å². The number of hydrogen-bond acceptors (Lipinski definition) is 5. The highest BCUT2D eigenvalue weighted by Crippen LogP contribution is 2.28. The first-order valence-electron chi connectivity index (χ1n) is 8.10. The second-order valence-electron chi connectivity index (χ2n) is 5.73. The van der Waals surface area contributed by atoms with Gasteiger partial charge in [-0.3, -0.25) is 4.79 Å². The van der Waals surface area contributed by atoms with E-state index < -0.39 is 0 Å². The third kappa shape index (κ3) is 3.63.